The maximum absolute atomic E-state index is 12.5. The molecule has 6 heteroatoms. The van der Waals surface area contributed by atoms with E-state index in [-0.39, 0.29) is 10.8 Å². The van der Waals surface area contributed by atoms with Gasteiger partial charge < -0.3 is 4.90 Å². The van der Waals surface area contributed by atoms with Crippen LogP contribution in [0.4, 0.5) is 5.69 Å². The molecule has 1 amide bonds. The zero-order chi connectivity index (χ0) is 18.0. The van der Waals surface area contributed by atoms with E-state index in [9.17, 15) is 13.2 Å². The van der Waals surface area contributed by atoms with Crippen molar-refractivity contribution in [1.29, 1.82) is 0 Å². The number of benzene rings is 2. The molecule has 3 rings (SSSR count). The fraction of sp³-hybridized carbons (Fsp3) is 0.316. The van der Waals surface area contributed by atoms with Gasteiger partial charge in [-0.15, -0.1) is 0 Å². The highest BCUT2D eigenvalue weighted by atomic mass is 32.2. The van der Waals surface area contributed by atoms with Crippen LogP contribution in [0.2, 0.25) is 0 Å². The van der Waals surface area contributed by atoms with Crippen LogP contribution in [0.1, 0.15) is 34.3 Å². The Labute approximate surface area is 148 Å². The molecule has 2 aromatic rings. The lowest BCUT2D eigenvalue weighted by molar-refractivity contribution is 0.0793. The average Bonchev–Trinajstić information content (AvgIpc) is 3.11. The van der Waals surface area contributed by atoms with Gasteiger partial charge in [0.15, 0.2) is 0 Å². The van der Waals surface area contributed by atoms with Crippen molar-refractivity contribution in [2.75, 3.05) is 17.8 Å². The van der Waals surface area contributed by atoms with Gasteiger partial charge in [-0.05, 0) is 62.6 Å². The highest BCUT2D eigenvalue weighted by Crippen LogP contribution is 2.22. The number of hydrogen-bond acceptors (Lipinski definition) is 3. The predicted molar refractivity (Wildman–Crippen MR) is 98.3 cm³/mol. The fourth-order valence-electron chi connectivity index (χ4n) is 2.94. The van der Waals surface area contributed by atoms with Gasteiger partial charge >= 0.3 is 0 Å². The molecule has 0 aliphatic carbocycles. The Morgan fingerprint density at radius 1 is 1.00 bits per heavy atom. The minimum absolute atomic E-state index is 0.00791. The molecular weight excluding hydrogens is 336 g/mol. The van der Waals surface area contributed by atoms with Gasteiger partial charge in [0.05, 0.1) is 10.6 Å². The zero-order valence-electron chi connectivity index (χ0n) is 14.5. The Kier molecular flexibility index (Phi) is 4.81. The topological polar surface area (TPSA) is 66.5 Å². The minimum atomic E-state index is -3.65. The van der Waals surface area contributed by atoms with Crippen molar-refractivity contribution < 1.29 is 13.2 Å². The monoisotopic (exact) mass is 358 g/mol. The molecule has 25 heavy (non-hydrogen) atoms. The summed E-state index contributed by atoms with van der Waals surface area (Å²) in [4.78, 5) is 14.5. The summed E-state index contributed by atoms with van der Waals surface area (Å²) in [6, 6.07) is 11.8. The number of aryl methyl sites for hydroxylation is 2. The molecule has 0 spiro atoms. The zero-order valence-corrected chi connectivity index (χ0v) is 15.3. The molecule has 2 aromatic carbocycles. The highest BCUT2D eigenvalue weighted by molar-refractivity contribution is 7.92. The summed E-state index contributed by atoms with van der Waals surface area (Å²) >= 11 is 0. The third kappa shape index (κ3) is 3.85. The lowest BCUT2D eigenvalue weighted by Crippen LogP contribution is -2.27. The summed E-state index contributed by atoms with van der Waals surface area (Å²) in [6.45, 7) is 5.29. The normalized spacial score (nSPS) is 14.6. The van der Waals surface area contributed by atoms with E-state index in [0.717, 1.165) is 37.1 Å². The van der Waals surface area contributed by atoms with Crippen LogP contribution in [0.25, 0.3) is 0 Å². The van der Waals surface area contributed by atoms with E-state index < -0.39 is 10.0 Å². The van der Waals surface area contributed by atoms with Crippen LogP contribution in [-0.2, 0) is 10.0 Å². The highest BCUT2D eigenvalue weighted by Gasteiger charge is 2.21. The van der Waals surface area contributed by atoms with Gasteiger partial charge in [-0.25, -0.2) is 8.42 Å². The number of likely N-dealkylation sites (tertiary alicyclic amines) is 1. The van der Waals surface area contributed by atoms with Gasteiger partial charge in [0.25, 0.3) is 15.9 Å². The predicted octanol–water partition coefficient (Wildman–Crippen LogP) is 3.34. The van der Waals surface area contributed by atoms with Crippen molar-refractivity contribution in [2.24, 2.45) is 0 Å². The molecule has 132 valence electrons. The third-order valence-corrected chi connectivity index (χ3v) is 5.82. The lowest BCUT2D eigenvalue weighted by Gasteiger charge is -2.17. The largest absolute Gasteiger partial charge is 0.339 e. The van der Waals surface area contributed by atoms with Crippen LogP contribution in [0.15, 0.2) is 47.4 Å². The standard InChI is InChI=1S/C19H22N2O3S/c1-14-5-8-17(9-6-14)25(23,24)20-18-10-7-16(13-15(18)2)19(22)21-11-3-4-12-21/h5-10,13,20H,3-4,11-12H2,1-2H3. The first-order valence-corrected chi connectivity index (χ1v) is 9.84. The number of rotatable bonds is 4. The number of hydrogen-bond donors (Lipinski definition) is 1. The number of nitrogens with one attached hydrogen (secondary N) is 1. The Bertz CT molecular complexity index is 883. The number of anilines is 1. The van der Waals surface area contributed by atoms with Crippen LogP contribution < -0.4 is 4.72 Å². The fourth-order valence-corrected chi connectivity index (χ4v) is 4.07. The molecule has 1 aliphatic heterocycles. The smallest absolute Gasteiger partial charge is 0.261 e. The second kappa shape index (κ2) is 6.88. The van der Waals surface area contributed by atoms with Gasteiger partial charge in [0.1, 0.15) is 0 Å². The molecule has 1 saturated heterocycles. The summed E-state index contributed by atoms with van der Waals surface area (Å²) in [5.74, 6) is 0.00791. The second-order valence-electron chi connectivity index (χ2n) is 6.45. The number of nitrogens with zero attached hydrogens (tertiary/aromatic N) is 1. The van der Waals surface area contributed by atoms with Crippen LogP contribution in [0.3, 0.4) is 0 Å². The number of carbonyl (C=O) groups is 1. The molecule has 1 aliphatic rings. The number of sulfonamides is 1. The molecule has 0 saturated carbocycles. The first-order chi connectivity index (χ1) is 11.9. The Hall–Kier alpha value is -2.34. The maximum atomic E-state index is 12.5. The summed E-state index contributed by atoms with van der Waals surface area (Å²) < 4.78 is 27.6. The SMILES string of the molecule is Cc1ccc(S(=O)(=O)Nc2ccc(C(=O)N3CCCC3)cc2C)cc1. The molecule has 0 bridgehead atoms. The van der Waals surface area contributed by atoms with Crippen LogP contribution >= 0.6 is 0 Å². The Morgan fingerprint density at radius 3 is 2.24 bits per heavy atom. The van der Waals surface area contributed by atoms with Crippen LogP contribution in [-0.4, -0.2) is 32.3 Å². The van der Waals surface area contributed by atoms with Crippen molar-refractivity contribution in [3.63, 3.8) is 0 Å². The lowest BCUT2D eigenvalue weighted by atomic mass is 10.1. The van der Waals surface area contributed by atoms with Crippen LogP contribution in [0.5, 0.6) is 0 Å². The molecular formula is C19H22N2O3S. The van der Waals surface area contributed by atoms with Crippen molar-refractivity contribution in [1.82, 2.24) is 4.90 Å². The first kappa shape index (κ1) is 17.5. The second-order valence-corrected chi connectivity index (χ2v) is 8.13. The maximum Gasteiger partial charge on any atom is 0.261 e. The molecule has 0 aromatic heterocycles. The Balaban J connectivity index is 1.81. The van der Waals surface area contributed by atoms with Gasteiger partial charge in [0, 0.05) is 18.7 Å². The van der Waals surface area contributed by atoms with E-state index in [4.69, 9.17) is 0 Å². The molecule has 1 heterocycles. The van der Waals surface area contributed by atoms with E-state index in [1.165, 1.54) is 0 Å². The molecule has 5 nitrogen and oxygen atoms in total. The van der Waals surface area contributed by atoms with Gasteiger partial charge in [-0.1, -0.05) is 17.7 Å². The Morgan fingerprint density at radius 2 is 1.64 bits per heavy atom. The summed E-state index contributed by atoms with van der Waals surface area (Å²) in [5, 5.41) is 0. The average molecular weight is 358 g/mol. The number of amides is 1. The van der Waals surface area contributed by atoms with E-state index in [1.807, 2.05) is 11.8 Å². The summed E-state index contributed by atoms with van der Waals surface area (Å²) in [6.07, 6.45) is 2.08. The third-order valence-electron chi connectivity index (χ3n) is 4.44. The van der Waals surface area contributed by atoms with E-state index in [1.54, 1.807) is 49.4 Å². The summed E-state index contributed by atoms with van der Waals surface area (Å²) in [7, 11) is -3.65. The van der Waals surface area contributed by atoms with Crippen molar-refractivity contribution in [2.45, 2.75) is 31.6 Å². The molecule has 0 radical (unpaired) electrons. The van der Waals surface area contributed by atoms with E-state index in [2.05, 4.69) is 4.72 Å². The van der Waals surface area contributed by atoms with Crippen LogP contribution in [0, 0.1) is 13.8 Å². The van der Waals surface area contributed by atoms with Crippen molar-refractivity contribution in [3.05, 3.63) is 59.2 Å². The minimum Gasteiger partial charge on any atom is -0.339 e. The summed E-state index contributed by atoms with van der Waals surface area (Å²) in [5.41, 5.74) is 2.80. The molecule has 0 atom stereocenters. The van der Waals surface area contributed by atoms with E-state index >= 15 is 0 Å². The van der Waals surface area contributed by atoms with Crippen molar-refractivity contribution in [3.8, 4) is 0 Å². The quantitative estimate of drug-likeness (QED) is 0.911. The van der Waals surface area contributed by atoms with E-state index in [0.29, 0.717) is 11.3 Å². The molecule has 1 fully saturated rings. The van der Waals surface area contributed by atoms with Gasteiger partial charge in [-0.2, -0.15) is 0 Å². The number of carbonyl (C=O) groups excluding carboxylic acids is 1. The van der Waals surface area contributed by atoms with Gasteiger partial charge in [-0.3, -0.25) is 9.52 Å². The van der Waals surface area contributed by atoms with Gasteiger partial charge in [0.2, 0.25) is 0 Å². The molecule has 0 unspecified atom stereocenters. The molecule has 1 N–H and O–H groups in total. The van der Waals surface area contributed by atoms with Crippen molar-refractivity contribution >= 4 is 21.6 Å². The first-order valence-electron chi connectivity index (χ1n) is 8.36.